The highest BCUT2D eigenvalue weighted by atomic mass is 35.5. The number of hydrazone groups is 1. The minimum atomic E-state index is 0.496. The van der Waals surface area contributed by atoms with Crippen molar-refractivity contribution in [1.82, 2.24) is 10.7 Å². The minimum Gasteiger partial charge on any atom is -0.370 e. The predicted octanol–water partition coefficient (Wildman–Crippen LogP) is 1.10. The molecule has 5 nitrogen and oxygen atoms in total. The quantitative estimate of drug-likeness (QED) is 0.409. The molecule has 0 aromatic heterocycles. The Bertz CT molecular complexity index is 577. The van der Waals surface area contributed by atoms with Crippen LogP contribution < -0.4 is 15.6 Å². The molecular formula is C15H21Cl2N4OS+. The van der Waals surface area contributed by atoms with Gasteiger partial charge in [0.2, 0.25) is 0 Å². The van der Waals surface area contributed by atoms with E-state index in [9.17, 15) is 0 Å². The summed E-state index contributed by atoms with van der Waals surface area (Å²) in [7, 11) is 0. The Hall–Kier alpha value is -0.920. The van der Waals surface area contributed by atoms with Gasteiger partial charge in [-0.15, -0.1) is 0 Å². The maximum Gasteiger partial charge on any atom is 0.187 e. The summed E-state index contributed by atoms with van der Waals surface area (Å²) in [5, 5.41) is 9.13. The molecule has 1 fully saturated rings. The Morgan fingerprint density at radius 2 is 2.09 bits per heavy atom. The normalized spacial score (nSPS) is 16.2. The molecule has 2 rings (SSSR count). The number of thiocarbonyl (C=S) groups is 1. The van der Waals surface area contributed by atoms with Crippen LogP contribution in [0.4, 0.5) is 0 Å². The summed E-state index contributed by atoms with van der Waals surface area (Å²) >= 11 is 17.4. The predicted molar refractivity (Wildman–Crippen MR) is 98.8 cm³/mol. The van der Waals surface area contributed by atoms with Gasteiger partial charge >= 0.3 is 0 Å². The molecule has 0 bridgehead atoms. The number of hydrogen-bond donors (Lipinski definition) is 3. The maximum absolute atomic E-state index is 6.15. The number of nitrogens with zero attached hydrogens (tertiary/aromatic N) is 1. The van der Waals surface area contributed by atoms with Crippen LogP contribution >= 0.6 is 35.4 Å². The summed E-state index contributed by atoms with van der Waals surface area (Å²) in [4.78, 5) is 1.52. The second-order valence-electron chi connectivity index (χ2n) is 5.30. The molecule has 0 unspecified atom stereocenters. The van der Waals surface area contributed by atoms with Crippen molar-refractivity contribution in [2.75, 3.05) is 39.4 Å². The zero-order chi connectivity index (χ0) is 16.7. The van der Waals surface area contributed by atoms with Crippen LogP contribution in [0.5, 0.6) is 0 Å². The van der Waals surface area contributed by atoms with Crippen molar-refractivity contribution in [3.63, 3.8) is 0 Å². The SMILES string of the molecule is C/C(=N/NC(=S)NCC[NH+]1CCOCC1)c1cc(Cl)ccc1Cl. The third-order valence-corrected chi connectivity index (χ3v) is 4.41. The van der Waals surface area contributed by atoms with Crippen molar-refractivity contribution >= 4 is 46.2 Å². The van der Waals surface area contributed by atoms with Gasteiger partial charge < -0.3 is 15.0 Å². The first-order valence-corrected chi connectivity index (χ1v) is 8.67. The number of morpholine rings is 1. The highest BCUT2D eigenvalue weighted by Gasteiger charge is 2.12. The molecule has 1 aliphatic rings. The molecule has 0 aliphatic carbocycles. The topological polar surface area (TPSA) is 50.1 Å². The molecule has 1 aromatic carbocycles. The van der Waals surface area contributed by atoms with E-state index in [1.165, 1.54) is 4.90 Å². The first-order valence-electron chi connectivity index (χ1n) is 7.51. The second kappa shape index (κ2) is 9.39. The summed E-state index contributed by atoms with van der Waals surface area (Å²) in [5.74, 6) is 0. The first-order chi connectivity index (χ1) is 11.1. The Morgan fingerprint density at radius 1 is 1.35 bits per heavy atom. The molecule has 0 saturated carbocycles. The van der Waals surface area contributed by atoms with Gasteiger partial charge in [-0.1, -0.05) is 23.2 Å². The van der Waals surface area contributed by atoms with Crippen LogP contribution in [0.25, 0.3) is 0 Å². The molecule has 0 spiro atoms. The largest absolute Gasteiger partial charge is 0.370 e. The third-order valence-electron chi connectivity index (χ3n) is 3.61. The molecule has 23 heavy (non-hydrogen) atoms. The zero-order valence-corrected chi connectivity index (χ0v) is 15.3. The van der Waals surface area contributed by atoms with Crippen molar-refractivity contribution in [2.24, 2.45) is 5.10 Å². The second-order valence-corrected chi connectivity index (χ2v) is 6.55. The van der Waals surface area contributed by atoms with Gasteiger partial charge in [0.15, 0.2) is 5.11 Å². The van der Waals surface area contributed by atoms with Crippen LogP contribution in [-0.2, 0) is 4.74 Å². The molecular weight excluding hydrogens is 355 g/mol. The Labute approximate surface area is 152 Å². The molecule has 0 amide bonds. The fourth-order valence-electron chi connectivity index (χ4n) is 2.27. The standard InChI is InChI=1S/C15H20Cl2N4OS/c1-11(13-10-12(16)2-3-14(13)17)19-20-15(23)18-4-5-21-6-8-22-9-7-21/h2-3,10H,4-9H2,1H3,(H2,18,20,23)/p+1/b19-11-. The Morgan fingerprint density at radius 3 is 2.83 bits per heavy atom. The van der Waals surface area contributed by atoms with Crippen LogP contribution in [0.3, 0.4) is 0 Å². The van der Waals surface area contributed by atoms with Gasteiger partial charge in [0.25, 0.3) is 0 Å². The lowest BCUT2D eigenvalue weighted by atomic mass is 10.1. The van der Waals surface area contributed by atoms with Gasteiger partial charge in [0.05, 0.1) is 32.0 Å². The van der Waals surface area contributed by atoms with E-state index < -0.39 is 0 Å². The van der Waals surface area contributed by atoms with Crippen LogP contribution in [0.15, 0.2) is 23.3 Å². The third kappa shape index (κ3) is 6.24. The lowest BCUT2D eigenvalue weighted by molar-refractivity contribution is -0.906. The number of benzene rings is 1. The van der Waals surface area contributed by atoms with Crippen LogP contribution in [0.1, 0.15) is 12.5 Å². The highest BCUT2D eigenvalue weighted by Crippen LogP contribution is 2.21. The molecule has 8 heteroatoms. The van der Waals surface area contributed by atoms with Gasteiger partial charge in [0.1, 0.15) is 13.1 Å². The van der Waals surface area contributed by atoms with Crippen molar-refractivity contribution in [3.8, 4) is 0 Å². The maximum atomic E-state index is 6.15. The van der Waals surface area contributed by atoms with Gasteiger partial charge in [-0.2, -0.15) is 5.10 Å². The number of nitrogens with one attached hydrogen (secondary N) is 3. The van der Waals surface area contributed by atoms with E-state index in [-0.39, 0.29) is 0 Å². The number of quaternary nitrogens is 1. The lowest BCUT2D eigenvalue weighted by Gasteiger charge is -2.23. The van der Waals surface area contributed by atoms with Gasteiger partial charge in [0, 0.05) is 15.6 Å². The summed E-state index contributed by atoms with van der Waals surface area (Å²) in [5.41, 5.74) is 4.35. The summed E-state index contributed by atoms with van der Waals surface area (Å²) in [6.45, 7) is 7.43. The average molecular weight is 376 g/mol. The van der Waals surface area contributed by atoms with Crippen LogP contribution in [-0.4, -0.2) is 50.2 Å². The Balaban J connectivity index is 1.77. The van der Waals surface area contributed by atoms with Crippen LogP contribution in [0, 0.1) is 0 Å². The monoisotopic (exact) mass is 375 g/mol. The number of ether oxygens (including phenoxy) is 1. The van der Waals surface area contributed by atoms with E-state index in [1.54, 1.807) is 18.2 Å². The molecule has 1 saturated heterocycles. The summed E-state index contributed by atoms with van der Waals surface area (Å²) in [6.07, 6.45) is 0. The Kier molecular flexibility index (Phi) is 7.52. The molecule has 126 valence electrons. The fraction of sp³-hybridized carbons (Fsp3) is 0.467. The molecule has 3 N–H and O–H groups in total. The van der Waals surface area contributed by atoms with Gasteiger partial charge in [-0.25, -0.2) is 0 Å². The highest BCUT2D eigenvalue weighted by molar-refractivity contribution is 7.80. The summed E-state index contributed by atoms with van der Waals surface area (Å²) in [6, 6.07) is 5.27. The van der Waals surface area contributed by atoms with E-state index in [1.807, 2.05) is 6.92 Å². The van der Waals surface area contributed by atoms with E-state index in [0.29, 0.717) is 15.2 Å². The van der Waals surface area contributed by atoms with E-state index in [4.69, 9.17) is 40.2 Å². The van der Waals surface area contributed by atoms with E-state index in [0.717, 1.165) is 50.7 Å². The molecule has 0 atom stereocenters. The van der Waals surface area contributed by atoms with Gasteiger partial charge in [-0.05, 0) is 37.3 Å². The number of halogens is 2. The zero-order valence-electron chi connectivity index (χ0n) is 13.0. The molecule has 1 aliphatic heterocycles. The fourth-order valence-corrected chi connectivity index (χ4v) is 2.85. The van der Waals surface area contributed by atoms with Gasteiger partial charge in [-0.3, -0.25) is 5.43 Å². The smallest absolute Gasteiger partial charge is 0.187 e. The lowest BCUT2D eigenvalue weighted by Crippen LogP contribution is -3.14. The summed E-state index contributed by atoms with van der Waals surface area (Å²) < 4.78 is 5.33. The van der Waals surface area contributed by atoms with Crippen molar-refractivity contribution < 1.29 is 9.64 Å². The van der Waals surface area contributed by atoms with Crippen LogP contribution in [0.2, 0.25) is 10.0 Å². The first kappa shape index (κ1) is 18.4. The van der Waals surface area contributed by atoms with E-state index in [2.05, 4.69) is 15.8 Å². The average Bonchev–Trinajstić information content (AvgIpc) is 2.56. The van der Waals surface area contributed by atoms with Crippen molar-refractivity contribution in [2.45, 2.75) is 6.92 Å². The molecule has 1 heterocycles. The minimum absolute atomic E-state index is 0.496. The van der Waals surface area contributed by atoms with Crippen molar-refractivity contribution in [1.29, 1.82) is 0 Å². The molecule has 0 radical (unpaired) electrons. The number of hydrogen-bond acceptors (Lipinski definition) is 3. The molecule has 1 aromatic rings. The van der Waals surface area contributed by atoms with E-state index >= 15 is 0 Å². The van der Waals surface area contributed by atoms with Crippen molar-refractivity contribution in [3.05, 3.63) is 33.8 Å². The number of rotatable bonds is 5.